The van der Waals surface area contributed by atoms with Crippen molar-refractivity contribution in [3.8, 4) is 0 Å². The van der Waals surface area contributed by atoms with Crippen LogP contribution in [0.2, 0.25) is 0 Å². The van der Waals surface area contributed by atoms with Gasteiger partial charge in [0.2, 0.25) is 11.8 Å². The van der Waals surface area contributed by atoms with Gasteiger partial charge in [0.1, 0.15) is 0 Å². The van der Waals surface area contributed by atoms with E-state index in [9.17, 15) is 9.59 Å². The lowest BCUT2D eigenvalue weighted by molar-refractivity contribution is -0.124. The standard InChI is InChI=1S/C14H29N3O2/c1-6-7-9-16-13(19)11(2)15-10-8-12(18)17-14(3,4)5/h11,15H,6-10H2,1-5H3,(H,16,19)(H,17,18). The van der Waals surface area contributed by atoms with E-state index in [1.165, 1.54) is 0 Å². The van der Waals surface area contributed by atoms with Gasteiger partial charge in [0.15, 0.2) is 0 Å². The summed E-state index contributed by atoms with van der Waals surface area (Å²) >= 11 is 0. The Labute approximate surface area is 116 Å². The number of carbonyl (C=O) groups is 2. The second-order valence-corrected chi connectivity index (χ2v) is 5.87. The Hall–Kier alpha value is -1.10. The molecule has 0 aliphatic rings. The van der Waals surface area contributed by atoms with Crippen LogP contribution in [0.5, 0.6) is 0 Å². The third-order valence-electron chi connectivity index (χ3n) is 2.54. The predicted molar refractivity (Wildman–Crippen MR) is 77.9 cm³/mol. The van der Waals surface area contributed by atoms with Gasteiger partial charge in [0.05, 0.1) is 6.04 Å². The van der Waals surface area contributed by atoms with Crippen LogP contribution in [0.4, 0.5) is 0 Å². The molecule has 0 rings (SSSR count). The lowest BCUT2D eigenvalue weighted by atomic mass is 10.1. The minimum absolute atomic E-state index is 0.00130. The number of unbranched alkanes of at least 4 members (excludes halogenated alkanes) is 1. The average molecular weight is 271 g/mol. The van der Waals surface area contributed by atoms with Crippen LogP contribution < -0.4 is 16.0 Å². The zero-order valence-electron chi connectivity index (χ0n) is 12.9. The van der Waals surface area contributed by atoms with Crippen LogP contribution in [0.15, 0.2) is 0 Å². The summed E-state index contributed by atoms with van der Waals surface area (Å²) in [7, 11) is 0. The number of carbonyl (C=O) groups excluding carboxylic acids is 2. The summed E-state index contributed by atoms with van der Waals surface area (Å²) in [6.07, 6.45) is 2.44. The summed E-state index contributed by atoms with van der Waals surface area (Å²) in [5, 5.41) is 8.80. The minimum atomic E-state index is -0.265. The monoisotopic (exact) mass is 271 g/mol. The third kappa shape index (κ3) is 10.5. The highest BCUT2D eigenvalue weighted by Gasteiger charge is 2.15. The zero-order valence-corrected chi connectivity index (χ0v) is 12.9. The molecule has 0 radical (unpaired) electrons. The van der Waals surface area contributed by atoms with E-state index in [0.717, 1.165) is 12.8 Å². The molecular weight excluding hydrogens is 242 g/mol. The summed E-state index contributed by atoms with van der Waals surface area (Å²) in [5.74, 6) is -0.0109. The van der Waals surface area contributed by atoms with Gasteiger partial charge < -0.3 is 16.0 Å². The van der Waals surface area contributed by atoms with E-state index in [4.69, 9.17) is 0 Å². The molecule has 0 saturated heterocycles. The Morgan fingerprint density at radius 3 is 2.32 bits per heavy atom. The zero-order chi connectivity index (χ0) is 14.9. The number of hydrogen-bond donors (Lipinski definition) is 3. The van der Waals surface area contributed by atoms with Crippen LogP contribution in [-0.4, -0.2) is 36.5 Å². The molecule has 3 N–H and O–H groups in total. The van der Waals surface area contributed by atoms with E-state index >= 15 is 0 Å². The Morgan fingerprint density at radius 1 is 1.16 bits per heavy atom. The summed E-state index contributed by atoms with van der Waals surface area (Å²) < 4.78 is 0. The maximum Gasteiger partial charge on any atom is 0.236 e. The molecule has 112 valence electrons. The third-order valence-corrected chi connectivity index (χ3v) is 2.54. The van der Waals surface area contributed by atoms with Crippen molar-refractivity contribution in [3.05, 3.63) is 0 Å². The first kappa shape index (κ1) is 17.9. The van der Waals surface area contributed by atoms with E-state index < -0.39 is 0 Å². The summed E-state index contributed by atoms with van der Waals surface area (Å²) in [6.45, 7) is 11.0. The molecule has 0 aromatic carbocycles. The van der Waals surface area contributed by atoms with E-state index in [2.05, 4.69) is 22.9 Å². The van der Waals surface area contributed by atoms with Crippen LogP contribution in [0.3, 0.4) is 0 Å². The quantitative estimate of drug-likeness (QED) is 0.581. The van der Waals surface area contributed by atoms with E-state index in [1.807, 2.05) is 27.7 Å². The molecule has 0 aromatic heterocycles. The van der Waals surface area contributed by atoms with Crippen molar-refractivity contribution >= 4 is 11.8 Å². The van der Waals surface area contributed by atoms with Gasteiger partial charge in [0, 0.05) is 25.0 Å². The molecule has 0 aromatic rings. The fourth-order valence-corrected chi connectivity index (χ4v) is 1.52. The van der Waals surface area contributed by atoms with Crippen molar-refractivity contribution in [3.63, 3.8) is 0 Å². The van der Waals surface area contributed by atoms with Crippen molar-refractivity contribution in [2.45, 2.75) is 65.5 Å². The normalized spacial score (nSPS) is 12.9. The van der Waals surface area contributed by atoms with E-state index in [1.54, 1.807) is 0 Å². The van der Waals surface area contributed by atoms with Gasteiger partial charge in [-0.1, -0.05) is 13.3 Å². The minimum Gasteiger partial charge on any atom is -0.355 e. The lowest BCUT2D eigenvalue weighted by Gasteiger charge is -2.21. The van der Waals surface area contributed by atoms with Gasteiger partial charge in [-0.15, -0.1) is 0 Å². The Kier molecular flexibility index (Phi) is 8.39. The van der Waals surface area contributed by atoms with Crippen LogP contribution >= 0.6 is 0 Å². The first-order valence-electron chi connectivity index (χ1n) is 7.08. The van der Waals surface area contributed by atoms with Crippen molar-refractivity contribution < 1.29 is 9.59 Å². The Morgan fingerprint density at radius 2 is 1.79 bits per heavy atom. The first-order chi connectivity index (χ1) is 8.76. The smallest absolute Gasteiger partial charge is 0.236 e. The Bertz CT molecular complexity index is 285. The second kappa shape index (κ2) is 8.91. The molecule has 0 spiro atoms. The van der Waals surface area contributed by atoms with Crippen molar-refractivity contribution in [2.75, 3.05) is 13.1 Å². The molecule has 0 aliphatic heterocycles. The van der Waals surface area contributed by atoms with E-state index in [-0.39, 0.29) is 23.4 Å². The molecule has 1 unspecified atom stereocenters. The lowest BCUT2D eigenvalue weighted by Crippen LogP contribution is -2.45. The summed E-state index contributed by atoms with van der Waals surface area (Å²) in [6, 6.07) is -0.265. The molecule has 19 heavy (non-hydrogen) atoms. The van der Waals surface area contributed by atoms with Crippen LogP contribution in [0, 0.1) is 0 Å². The number of rotatable bonds is 8. The maximum atomic E-state index is 11.6. The highest BCUT2D eigenvalue weighted by atomic mass is 16.2. The molecule has 1 atom stereocenters. The van der Waals surface area contributed by atoms with Crippen LogP contribution in [0.1, 0.15) is 53.9 Å². The van der Waals surface area contributed by atoms with Gasteiger partial charge in [-0.25, -0.2) is 0 Å². The van der Waals surface area contributed by atoms with Gasteiger partial charge in [-0.2, -0.15) is 0 Å². The maximum absolute atomic E-state index is 11.6. The van der Waals surface area contributed by atoms with Gasteiger partial charge in [-0.3, -0.25) is 9.59 Å². The molecule has 0 heterocycles. The van der Waals surface area contributed by atoms with Crippen LogP contribution in [0.25, 0.3) is 0 Å². The topological polar surface area (TPSA) is 70.2 Å². The number of nitrogens with one attached hydrogen (secondary N) is 3. The molecule has 5 heteroatoms. The van der Waals surface area contributed by atoms with Crippen molar-refractivity contribution in [1.82, 2.24) is 16.0 Å². The van der Waals surface area contributed by atoms with Crippen molar-refractivity contribution in [2.24, 2.45) is 0 Å². The molecule has 0 aliphatic carbocycles. The highest BCUT2D eigenvalue weighted by molar-refractivity contribution is 5.81. The van der Waals surface area contributed by atoms with E-state index in [0.29, 0.717) is 19.5 Å². The highest BCUT2D eigenvalue weighted by Crippen LogP contribution is 1.98. The first-order valence-corrected chi connectivity index (χ1v) is 7.08. The fraction of sp³-hybridized carbons (Fsp3) is 0.857. The fourth-order valence-electron chi connectivity index (χ4n) is 1.52. The SMILES string of the molecule is CCCCNC(=O)C(C)NCCC(=O)NC(C)(C)C. The summed E-state index contributed by atoms with van der Waals surface area (Å²) in [4.78, 5) is 23.2. The number of hydrogen-bond acceptors (Lipinski definition) is 3. The van der Waals surface area contributed by atoms with Gasteiger partial charge in [-0.05, 0) is 34.1 Å². The number of amides is 2. The molecule has 5 nitrogen and oxygen atoms in total. The van der Waals surface area contributed by atoms with Crippen LogP contribution in [-0.2, 0) is 9.59 Å². The average Bonchev–Trinajstić information content (AvgIpc) is 2.26. The van der Waals surface area contributed by atoms with Gasteiger partial charge in [0.25, 0.3) is 0 Å². The second-order valence-electron chi connectivity index (χ2n) is 5.87. The molecule has 0 saturated carbocycles. The Balaban J connectivity index is 3.76. The molecule has 0 fully saturated rings. The predicted octanol–water partition coefficient (Wildman–Crippen LogP) is 1.19. The summed E-state index contributed by atoms with van der Waals surface area (Å²) in [5.41, 5.74) is -0.208. The molecular formula is C14H29N3O2. The molecule has 2 amide bonds. The molecule has 0 bridgehead atoms. The van der Waals surface area contributed by atoms with Gasteiger partial charge >= 0.3 is 0 Å². The van der Waals surface area contributed by atoms with Crippen molar-refractivity contribution in [1.29, 1.82) is 0 Å². The largest absolute Gasteiger partial charge is 0.355 e.